The summed E-state index contributed by atoms with van der Waals surface area (Å²) in [5.41, 5.74) is 7.34. The van der Waals surface area contributed by atoms with Crippen LogP contribution < -0.4 is 11.1 Å². The summed E-state index contributed by atoms with van der Waals surface area (Å²) < 4.78 is 0. The van der Waals surface area contributed by atoms with Crippen LogP contribution in [0.4, 0.5) is 10.8 Å². The summed E-state index contributed by atoms with van der Waals surface area (Å²) in [6.45, 7) is 4.15. The van der Waals surface area contributed by atoms with Crippen LogP contribution >= 0.6 is 11.3 Å². The number of hydrogen-bond acceptors (Lipinski definition) is 5. The van der Waals surface area contributed by atoms with Crippen LogP contribution in [0.15, 0.2) is 24.3 Å². The Morgan fingerprint density at radius 3 is 2.67 bits per heavy atom. The summed E-state index contributed by atoms with van der Waals surface area (Å²) in [6.07, 6.45) is 0. The smallest absolute Gasteiger partial charge is 0.286 e. The van der Waals surface area contributed by atoms with Crippen molar-refractivity contribution in [1.82, 2.24) is 10.2 Å². The van der Waals surface area contributed by atoms with Crippen LogP contribution in [0.5, 0.6) is 0 Å². The number of nitrogen functional groups attached to an aromatic ring is 1. The molecule has 5 nitrogen and oxygen atoms in total. The van der Waals surface area contributed by atoms with Crippen LogP contribution in [0.2, 0.25) is 0 Å². The van der Waals surface area contributed by atoms with Gasteiger partial charge in [0.05, 0.1) is 0 Å². The topological polar surface area (TPSA) is 80.9 Å². The van der Waals surface area contributed by atoms with Crippen molar-refractivity contribution in [2.45, 2.75) is 19.8 Å². The second-order valence-corrected chi connectivity index (χ2v) is 5.15. The number of para-hydroxylation sites is 1. The van der Waals surface area contributed by atoms with E-state index in [0.717, 1.165) is 22.6 Å². The van der Waals surface area contributed by atoms with Crippen molar-refractivity contribution in [2.24, 2.45) is 0 Å². The van der Waals surface area contributed by atoms with Crippen molar-refractivity contribution >= 4 is 28.1 Å². The Balaban J connectivity index is 2.22. The molecule has 0 atom stereocenters. The molecule has 0 saturated heterocycles. The van der Waals surface area contributed by atoms with E-state index < -0.39 is 0 Å². The lowest BCUT2D eigenvalue weighted by molar-refractivity contribution is 0.102. The molecular weight excluding hydrogens is 248 g/mol. The molecule has 0 radical (unpaired) electrons. The fourth-order valence-corrected chi connectivity index (χ4v) is 2.12. The van der Waals surface area contributed by atoms with Crippen molar-refractivity contribution in [1.29, 1.82) is 0 Å². The molecule has 94 valence electrons. The van der Waals surface area contributed by atoms with Gasteiger partial charge in [0.1, 0.15) is 0 Å². The highest BCUT2D eigenvalue weighted by Crippen LogP contribution is 2.24. The van der Waals surface area contributed by atoms with Crippen LogP contribution in [0.25, 0.3) is 0 Å². The zero-order valence-corrected chi connectivity index (χ0v) is 11.0. The van der Waals surface area contributed by atoms with E-state index in [4.69, 9.17) is 5.73 Å². The minimum Gasteiger partial charge on any atom is -0.374 e. The lowest BCUT2D eigenvalue weighted by Crippen LogP contribution is -2.13. The first-order valence-electron chi connectivity index (χ1n) is 5.57. The van der Waals surface area contributed by atoms with Gasteiger partial charge in [-0.05, 0) is 17.5 Å². The Morgan fingerprint density at radius 2 is 2.06 bits per heavy atom. The molecule has 1 aromatic heterocycles. The molecule has 1 heterocycles. The fraction of sp³-hybridized carbons (Fsp3) is 0.250. The summed E-state index contributed by atoms with van der Waals surface area (Å²) in [7, 11) is 0. The SMILES string of the molecule is CC(C)c1ccccc1NC(=O)c1nnc(N)s1. The molecule has 18 heavy (non-hydrogen) atoms. The van der Waals surface area contributed by atoms with E-state index in [1.165, 1.54) is 0 Å². The monoisotopic (exact) mass is 262 g/mol. The highest BCUT2D eigenvalue weighted by atomic mass is 32.1. The summed E-state index contributed by atoms with van der Waals surface area (Å²) >= 11 is 1.07. The maximum Gasteiger partial charge on any atom is 0.286 e. The predicted octanol–water partition coefficient (Wildman–Crippen LogP) is 2.50. The van der Waals surface area contributed by atoms with Gasteiger partial charge in [0.2, 0.25) is 10.1 Å². The number of hydrogen-bond donors (Lipinski definition) is 2. The lowest BCUT2D eigenvalue weighted by Gasteiger charge is -2.12. The third kappa shape index (κ3) is 2.65. The predicted molar refractivity (Wildman–Crippen MR) is 72.8 cm³/mol. The molecule has 1 amide bonds. The number of benzene rings is 1. The maximum atomic E-state index is 11.9. The van der Waals surface area contributed by atoms with Crippen molar-refractivity contribution in [2.75, 3.05) is 11.1 Å². The van der Waals surface area contributed by atoms with Gasteiger partial charge in [0.15, 0.2) is 0 Å². The number of anilines is 2. The number of nitrogens with one attached hydrogen (secondary N) is 1. The van der Waals surface area contributed by atoms with Crippen molar-refractivity contribution < 1.29 is 4.79 Å². The number of carbonyl (C=O) groups is 1. The van der Waals surface area contributed by atoms with Crippen LogP contribution in [0.3, 0.4) is 0 Å². The Kier molecular flexibility index (Phi) is 3.57. The van der Waals surface area contributed by atoms with Gasteiger partial charge in [-0.25, -0.2) is 0 Å². The second kappa shape index (κ2) is 5.14. The molecule has 0 aliphatic carbocycles. The number of nitrogens with zero attached hydrogens (tertiary/aromatic N) is 2. The van der Waals surface area contributed by atoms with E-state index >= 15 is 0 Å². The third-order valence-corrected chi connectivity index (χ3v) is 3.22. The molecular formula is C12H14N4OS. The van der Waals surface area contributed by atoms with Crippen LogP contribution in [-0.4, -0.2) is 16.1 Å². The minimum absolute atomic E-state index is 0.269. The van der Waals surface area contributed by atoms with Gasteiger partial charge in [-0.2, -0.15) is 0 Å². The first-order chi connectivity index (χ1) is 8.58. The van der Waals surface area contributed by atoms with Crippen molar-refractivity contribution in [3.8, 4) is 0 Å². The van der Waals surface area contributed by atoms with Crippen LogP contribution in [-0.2, 0) is 0 Å². The quantitative estimate of drug-likeness (QED) is 0.890. The number of carbonyl (C=O) groups excluding carboxylic acids is 1. The summed E-state index contributed by atoms with van der Waals surface area (Å²) in [4.78, 5) is 11.9. The molecule has 0 aliphatic heterocycles. The van der Waals surface area contributed by atoms with E-state index in [1.807, 2.05) is 24.3 Å². The largest absolute Gasteiger partial charge is 0.374 e. The van der Waals surface area contributed by atoms with Gasteiger partial charge < -0.3 is 11.1 Å². The van der Waals surface area contributed by atoms with Gasteiger partial charge in [-0.15, -0.1) is 10.2 Å². The molecule has 0 fully saturated rings. The highest BCUT2D eigenvalue weighted by Gasteiger charge is 2.14. The third-order valence-electron chi connectivity index (χ3n) is 2.47. The van der Waals surface area contributed by atoms with E-state index in [2.05, 4.69) is 29.4 Å². The summed E-state index contributed by atoms with van der Waals surface area (Å²) in [6, 6.07) is 7.70. The maximum absolute atomic E-state index is 11.9. The number of nitrogens with two attached hydrogens (primary N) is 1. The van der Waals surface area contributed by atoms with Gasteiger partial charge in [-0.3, -0.25) is 4.79 Å². The molecule has 6 heteroatoms. The van der Waals surface area contributed by atoms with Crippen LogP contribution in [0.1, 0.15) is 35.1 Å². The van der Waals surface area contributed by atoms with E-state index in [0.29, 0.717) is 5.92 Å². The molecule has 0 saturated carbocycles. The van der Waals surface area contributed by atoms with Crippen LogP contribution in [0, 0.1) is 0 Å². The van der Waals surface area contributed by atoms with E-state index in [1.54, 1.807) is 0 Å². The number of amides is 1. The average Bonchev–Trinajstić information content (AvgIpc) is 2.76. The summed E-state index contributed by atoms with van der Waals surface area (Å²) in [5.74, 6) is 0.0540. The van der Waals surface area contributed by atoms with Gasteiger partial charge in [0, 0.05) is 5.69 Å². The van der Waals surface area contributed by atoms with Crippen molar-refractivity contribution in [3.63, 3.8) is 0 Å². The Morgan fingerprint density at radius 1 is 1.33 bits per heavy atom. The summed E-state index contributed by atoms with van der Waals surface area (Å²) in [5, 5.41) is 10.7. The lowest BCUT2D eigenvalue weighted by atomic mass is 10.0. The first-order valence-corrected chi connectivity index (χ1v) is 6.39. The molecule has 0 spiro atoms. The highest BCUT2D eigenvalue weighted by molar-refractivity contribution is 7.16. The standard InChI is InChI=1S/C12H14N4OS/c1-7(2)8-5-3-4-6-9(8)14-10(17)11-15-16-12(13)18-11/h3-7H,1-2H3,(H2,13,16)(H,14,17). The van der Waals surface area contributed by atoms with Gasteiger partial charge in [0.25, 0.3) is 5.91 Å². The van der Waals surface area contributed by atoms with Crippen molar-refractivity contribution in [3.05, 3.63) is 34.8 Å². The molecule has 2 rings (SSSR count). The normalized spacial score (nSPS) is 10.6. The second-order valence-electron chi connectivity index (χ2n) is 4.14. The Bertz CT molecular complexity index is 565. The molecule has 1 aromatic carbocycles. The molecule has 0 aliphatic rings. The zero-order chi connectivity index (χ0) is 13.1. The molecule has 0 bridgehead atoms. The minimum atomic E-state index is -0.280. The Labute approximate surface area is 109 Å². The van der Waals surface area contributed by atoms with E-state index in [9.17, 15) is 4.79 Å². The zero-order valence-electron chi connectivity index (χ0n) is 10.2. The first kappa shape index (κ1) is 12.5. The molecule has 3 N–H and O–H groups in total. The Hall–Kier alpha value is -1.95. The average molecular weight is 262 g/mol. The number of rotatable bonds is 3. The van der Waals surface area contributed by atoms with E-state index in [-0.39, 0.29) is 16.0 Å². The molecule has 2 aromatic rings. The van der Waals surface area contributed by atoms with Gasteiger partial charge >= 0.3 is 0 Å². The van der Waals surface area contributed by atoms with Gasteiger partial charge in [-0.1, -0.05) is 43.4 Å². The molecule has 0 unspecified atom stereocenters. The fourth-order valence-electron chi connectivity index (χ4n) is 1.62. The number of aromatic nitrogens is 2.